The molecule has 5 nitrogen and oxygen atoms in total. The molecule has 0 atom stereocenters. The normalized spacial score (nSPS) is 24.6. The van der Waals surface area contributed by atoms with Crippen molar-refractivity contribution in [2.45, 2.75) is 57.0 Å². The Bertz CT molecular complexity index is 245. The second-order valence-corrected chi connectivity index (χ2v) is 4.94. The summed E-state index contributed by atoms with van der Waals surface area (Å²) in [5.74, 6) is 6.29. The van der Waals surface area contributed by atoms with Crippen molar-refractivity contribution >= 4 is 5.96 Å². The molecule has 1 saturated carbocycles. The number of hydrazine groups is 1. The Balaban J connectivity index is 1.83. The van der Waals surface area contributed by atoms with Gasteiger partial charge in [-0.25, -0.2) is 10.8 Å². The second kappa shape index (κ2) is 6.81. The summed E-state index contributed by atoms with van der Waals surface area (Å²) in [5.41, 5.74) is 2.69. The van der Waals surface area contributed by atoms with Crippen molar-refractivity contribution in [1.82, 2.24) is 10.7 Å². The van der Waals surface area contributed by atoms with Gasteiger partial charge in [0.15, 0.2) is 0 Å². The number of rotatable bonds is 2. The van der Waals surface area contributed by atoms with Crippen LogP contribution in [0.2, 0.25) is 0 Å². The third-order valence-electron chi connectivity index (χ3n) is 3.59. The Labute approximate surface area is 103 Å². The quantitative estimate of drug-likeness (QED) is 0.290. The van der Waals surface area contributed by atoms with E-state index in [1.807, 2.05) is 0 Å². The van der Waals surface area contributed by atoms with E-state index >= 15 is 0 Å². The molecule has 1 aliphatic heterocycles. The predicted molar refractivity (Wildman–Crippen MR) is 68.6 cm³/mol. The van der Waals surface area contributed by atoms with Crippen molar-refractivity contribution in [3.63, 3.8) is 0 Å². The van der Waals surface area contributed by atoms with Gasteiger partial charge in [-0.3, -0.25) is 5.43 Å². The van der Waals surface area contributed by atoms with Gasteiger partial charge in [0.05, 0.1) is 6.04 Å². The molecule has 0 amide bonds. The molecule has 0 aromatic rings. The highest BCUT2D eigenvalue weighted by molar-refractivity contribution is 5.79. The first-order chi connectivity index (χ1) is 8.38. The van der Waals surface area contributed by atoms with E-state index in [9.17, 15) is 0 Å². The van der Waals surface area contributed by atoms with Crippen LogP contribution in [0.15, 0.2) is 4.99 Å². The van der Waals surface area contributed by atoms with Gasteiger partial charge in [-0.1, -0.05) is 19.3 Å². The first kappa shape index (κ1) is 12.6. The smallest absolute Gasteiger partial charge is 0.206 e. The second-order valence-electron chi connectivity index (χ2n) is 4.94. The molecule has 0 aromatic heterocycles. The molecule has 1 saturated heterocycles. The molecule has 0 bridgehead atoms. The summed E-state index contributed by atoms with van der Waals surface area (Å²) in [6.45, 7) is 1.63. The molecule has 4 N–H and O–H groups in total. The van der Waals surface area contributed by atoms with E-state index in [4.69, 9.17) is 10.6 Å². The van der Waals surface area contributed by atoms with Gasteiger partial charge >= 0.3 is 0 Å². The van der Waals surface area contributed by atoms with Crippen molar-refractivity contribution in [3.05, 3.63) is 0 Å². The predicted octanol–water partition coefficient (Wildman–Crippen LogP) is 0.907. The van der Waals surface area contributed by atoms with Crippen LogP contribution in [-0.4, -0.2) is 31.3 Å². The lowest BCUT2D eigenvalue weighted by molar-refractivity contribution is 0.0869. The average Bonchev–Trinajstić information content (AvgIpc) is 2.40. The Morgan fingerprint density at radius 2 is 1.76 bits per heavy atom. The fraction of sp³-hybridized carbons (Fsp3) is 0.917. The summed E-state index contributed by atoms with van der Waals surface area (Å²) in [4.78, 5) is 4.64. The SMILES string of the molecule is NNC(=NC1CCOCC1)NC1CCCCC1. The highest BCUT2D eigenvalue weighted by Gasteiger charge is 2.17. The first-order valence-electron chi connectivity index (χ1n) is 6.77. The number of nitrogens with two attached hydrogens (primary N) is 1. The fourth-order valence-electron chi connectivity index (χ4n) is 2.55. The van der Waals surface area contributed by atoms with Crippen molar-refractivity contribution in [2.75, 3.05) is 13.2 Å². The van der Waals surface area contributed by atoms with Crippen molar-refractivity contribution in [2.24, 2.45) is 10.8 Å². The lowest BCUT2D eigenvalue weighted by atomic mass is 9.96. The van der Waals surface area contributed by atoms with Gasteiger partial charge in [-0.2, -0.15) is 0 Å². The Morgan fingerprint density at radius 1 is 1.06 bits per heavy atom. The van der Waals surface area contributed by atoms with Gasteiger partial charge in [0.25, 0.3) is 0 Å². The standard InChI is InChI=1S/C12H24N4O/c13-16-12(14-10-4-2-1-3-5-10)15-11-6-8-17-9-7-11/h10-11H,1-9,13H2,(H2,14,15,16). The highest BCUT2D eigenvalue weighted by atomic mass is 16.5. The maximum absolute atomic E-state index is 5.53. The maximum Gasteiger partial charge on any atom is 0.206 e. The molecule has 0 aromatic carbocycles. The number of guanidine groups is 1. The number of nitrogens with zero attached hydrogens (tertiary/aromatic N) is 1. The fourth-order valence-corrected chi connectivity index (χ4v) is 2.55. The van der Waals surface area contributed by atoms with Gasteiger partial charge < -0.3 is 10.1 Å². The largest absolute Gasteiger partial charge is 0.381 e. The average molecular weight is 240 g/mol. The Hall–Kier alpha value is -0.810. The number of hydrogen-bond acceptors (Lipinski definition) is 3. The number of hydrogen-bond donors (Lipinski definition) is 3. The van der Waals surface area contributed by atoms with Crippen LogP contribution in [0.5, 0.6) is 0 Å². The van der Waals surface area contributed by atoms with Gasteiger partial charge in [0, 0.05) is 19.3 Å². The summed E-state index contributed by atoms with van der Waals surface area (Å²) in [7, 11) is 0. The van der Waals surface area contributed by atoms with Crippen LogP contribution in [0.3, 0.4) is 0 Å². The molecular formula is C12H24N4O. The lowest BCUT2D eigenvalue weighted by Gasteiger charge is -2.26. The van der Waals surface area contributed by atoms with Crippen molar-refractivity contribution in [1.29, 1.82) is 0 Å². The Morgan fingerprint density at radius 3 is 2.41 bits per heavy atom. The molecule has 2 fully saturated rings. The maximum atomic E-state index is 5.53. The lowest BCUT2D eigenvalue weighted by Crippen LogP contribution is -2.47. The summed E-state index contributed by atoms with van der Waals surface area (Å²) in [6, 6.07) is 0.893. The Kier molecular flexibility index (Phi) is 5.07. The van der Waals surface area contributed by atoms with E-state index in [1.165, 1.54) is 32.1 Å². The van der Waals surface area contributed by atoms with Crippen LogP contribution in [-0.2, 0) is 4.74 Å². The third-order valence-corrected chi connectivity index (χ3v) is 3.59. The molecule has 2 aliphatic rings. The van der Waals surface area contributed by atoms with E-state index in [2.05, 4.69) is 15.7 Å². The molecule has 5 heteroatoms. The van der Waals surface area contributed by atoms with Gasteiger partial charge in [-0.15, -0.1) is 0 Å². The molecule has 17 heavy (non-hydrogen) atoms. The van der Waals surface area contributed by atoms with Crippen LogP contribution in [0.25, 0.3) is 0 Å². The minimum Gasteiger partial charge on any atom is -0.381 e. The van der Waals surface area contributed by atoms with E-state index in [-0.39, 0.29) is 0 Å². The van der Waals surface area contributed by atoms with Gasteiger partial charge in [-0.05, 0) is 25.7 Å². The number of nitrogens with one attached hydrogen (secondary N) is 2. The minimum absolute atomic E-state index is 0.353. The van der Waals surface area contributed by atoms with Crippen LogP contribution >= 0.6 is 0 Å². The van der Waals surface area contributed by atoms with Gasteiger partial charge in [0.1, 0.15) is 0 Å². The number of ether oxygens (including phenoxy) is 1. The van der Waals surface area contributed by atoms with Crippen LogP contribution in [0.1, 0.15) is 44.9 Å². The van der Waals surface area contributed by atoms with Crippen LogP contribution in [0, 0.1) is 0 Å². The topological polar surface area (TPSA) is 71.7 Å². The van der Waals surface area contributed by atoms with Gasteiger partial charge in [0.2, 0.25) is 5.96 Å². The monoisotopic (exact) mass is 240 g/mol. The van der Waals surface area contributed by atoms with E-state index in [1.54, 1.807) is 0 Å². The highest BCUT2D eigenvalue weighted by Crippen LogP contribution is 2.17. The van der Waals surface area contributed by atoms with E-state index in [0.29, 0.717) is 12.1 Å². The third kappa shape index (κ3) is 4.16. The van der Waals surface area contributed by atoms with Crippen molar-refractivity contribution < 1.29 is 4.74 Å². The molecule has 0 unspecified atom stereocenters. The summed E-state index contributed by atoms with van der Waals surface area (Å²) in [5, 5.41) is 3.43. The summed E-state index contributed by atoms with van der Waals surface area (Å²) in [6.07, 6.45) is 8.44. The van der Waals surface area contributed by atoms with E-state index < -0.39 is 0 Å². The zero-order valence-corrected chi connectivity index (χ0v) is 10.5. The summed E-state index contributed by atoms with van der Waals surface area (Å²) >= 11 is 0. The molecule has 98 valence electrons. The molecular weight excluding hydrogens is 216 g/mol. The minimum atomic E-state index is 0.353. The van der Waals surface area contributed by atoms with E-state index in [0.717, 1.165) is 32.0 Å². The molecule has 2 rings (SSSR count). The zero-order valence-electron chi connectivity index (χ0n) is 10.5. The van der Waals surface area contributed by atoms with Crippen LogP contribution in [0.4, 0.5) is 0 Å². The molecule has 0 spiro atoms. The molecule has 0 radical (unpaired) electrons. The van der Waals surface area contributed by atoms with Crippen LogP contribution < -0.4 is 16.6 Å². The number of aliphatic imine (C=N–C) groups is 1. The first-order valence-corrected chi connectivity index (χ1v) is 6.77. The molecule has 1 heterocycles. The molecule has 1 aliphatic carbocycles. The van der Waals surface area contributed by atoms with Crippen molar-refractivity contribution in [3.8, 4) is 0 Å². The zero-order chi connectivity index (χ0) is 11.9. The summed E-state index contributed by atoms with van der Waals surface area (Å²) < 4.78 is 5.32.